The van der Waals surface area contributed by atoms with E-state index in [9.17, 15) is 9.59 Å². The van der Waals surface area contributed by atoms with Crippen molar-refractivity contribution in [1.82, 2.24) is 5.32 Å². The molecule has 0 fully saturated rings. The third-order valence-corrected chi connectivity index (χ3v) is 4.14. The van der Waals surface area contributed by atoms with E-state index in [0.717, 1.165) is 15.6 Å². The molecule has 20 heavy (non-hydrogen) atoms. The number of aryl methyl sites for hydroxylation is 1. The fourth-order valence-corrected chi connectivity index (χ4v) is 2.99. The highest BCUT2D eigenvalue weighted by Crippen LogP contribution is 2.30. The molecule has 1 aromatic heterocycles. The maximum Gasteiger partial charge on any atom is 0.348 e. The Hall–Kier alpha value is -2.08. The van der Waals surface area contributed by atoms with Gasteiger partial charge in [0.2, 0.25) is 0 Å². The SMILES string of the molecule is Cc1c(C(=O)OCCCNC(N)=O)sc2ccccc12. The first kappa shape index (κ1) is 14.3. The summed E-state index contributed by atoms with van der Waals surface area (Å²) in [5.41, 5.74) is 5.88. The molecule has 5 nitrogen and oxygen atoms in total. The Labute approximate surface area is 120 Å². The number of thiophene rings is 1. The highest BCUT2D eigenvalue weighted by atomic mass is 32.1. The Bertz CT molecular complexity index is 636. The van der Waals surface area contributed by atoms with E-state index in [2.05, 4.69) is 5.32 Å². The molecule has 0 bridgehead atoms. The molecule has 0 aliphatic heterocycles. The van der Waals surface area contributed by atoms with Crippen LogP contribution >= 0.6 is 11.3 Å². The number of nitrogens with two attached hydrogens (primary N) is 1. The van der Waals surface area contributed by atoms with Crippen LogP contribution in [0.15, 0.2) is 24.3 Å². The Kier molecular flexibility index (Phi) is 4.57. The van der Waals surface area contributed by atoms with E-state index in [1.165, 1.54) is 11.3 Å². The zero-order valence-corrected chi connectivity index (χ0v) is 12.0. The van der Waals surface area contributed by atoms with E-state index in [4.69, 9.17) is 10.5 Å². The third kappa shape index (κ3) is 3.27. The maximum atomic E-state index is 12.0. The van der Waals surface area contributed by atoms with Gasteiger partial charge >= 0.3 is 12.0 Å². The van der Waals surface area contributed by atoms with Crippen molar-refractivity contribution in [3.05, 3.63) is 34.7 Å². The highest BCUT2D eigenvalue weighted by molar-refractivity contribution is 7.21. The van der Waals surface area contributed by atoms with Crippen LogP contribution in [0.1, 0.15) is 21.7 Å². The van der Waals surface area contributed by atoms with Gasteiger partial charge in [-0.15, -0.1) is 11.3 Å². The number of urea groups is 1. The van der Waals surface area contributed by atoms with Gasteiger partial charge in [-0.1, -0.05) is 18.2 Å². The van der Waals surface area contributed by atoms with E-state index < -0.39 is 6.03 Å². The molecule has 3 N–H and O–H groups in total. The first-order valence-electron chi connectivity index (χ1n) is 6.28. The van der Waals surface area contributed by atoms with Crippen LogP contribution in [0, 0.1) is 6.92 Å². The number of primary amides is 1. The fraction of sp³-hybridized carbons (Fsp3) is 0.286. The molecule has 2 aromatic rings. The maximum absolute atomic E-state index is 12.0. The number of carbonyl (C=O) groups is 2. The van der Waals surface area contributed by atoms with E-state index in [1.807, 2.05) is 31.2 Å². The van der Waals surface area contributed by atoms with Crippen molar-refractivity contribution in [3.8, 4) is 0 Å². The zero-order chi connectivity index (χ0) is 14.5. The number of ether oxygens (including phenoxy) is 1. The van der Waals surface area contributed by atoms with Crippen molar-refractivity contribution in [1.29, 1.82) is 0 Å². The molecule has 1 heterocycles. The van der Waals surface area contributed by atoms with Crippen molar-refractivity contribution < 1.29 is 14.3 Å². The lowest BCUT2D eigenvalue weighted by Gasteiger charge is -2.04. The molecule has 0 atom stereocenters. The minimum Gasteiger partial charge on any atom is -0.461 e. The van der Waals surface area contributed by atoms with Gasteiger partial charge in [-0.25, -0.2) is 9.59 Å². The van der Waals surface area contributed by atoms with E-state index in [0.29, 0.717) is 17.8 Å². The van der Waals surface area contributed by atoms with Crippen molar-refractivity contribution in [3.63, 3.8) is 0 Å². The molecule has 0 saturated carbocycles. The average molecular weight is 292 g/mol. The second-order valence-corrected chi connectivity index (χ2v) is 5.39. The summed E-state index contributed by atoms with van der Waals surface area (Å²) >= 11 is 1.44. The Morgan fingerprint density at radius 2 is 2.10 bits per heavy atom. The van der Waals surface area contributed by atoms with E-state index in [-0.39, 0.29) is 12.6 Å². The first-order chi connectivity index (χ1) is 9.59. The molecule has 6 heteroatoms. The molecule has 0 radical (unpaired) electrons. The molecule has 0 aliphatic carbocycles. The van der Waals surface area contributed by atoms with Crippen molar-refractivity contribution in [2.24, 2.45) is 5.73 Å². The van der Waals surface area contributed by atoms with Crippen LogP contribution in [-0.2, 0) is 4.74 Å². The predicted octanol–water partition coefficient (Wildman–Crippen LogP) is 2.42. The monoisotopic (exact) mass is 292 g/mol. The normalized spacial score (nSPS) is 10.4. The Balaban J connectivity index is 1.94. The minimum atomic E-state index is -0.573. The summed E-state index contributed by atoms with van der Waals surface area (Å²) in [5, 5.41) is 3.53. The quantitative estimate of drug-likeness (QED) is 0.656. The smallest absolute Gasteiger partial charge is 0.348 e. The third-order valence-electron chi connectivity index (χ3n) is 2.88. The van der Waals surface area contributed by atoms with Crippen LogP contribution in [0.2, 0.25) is 0 Å². The van der Waals surface area contributed by atoms with Crippen molar-refractivity contribution in [2.45, 2.75) is 13.3 Å². The number of amides is 2. The van der Waals surface area contributed by atoms with Gasteiger partial charge in [0.1, 0.15) is 4.88 Å². The van der Waals surface area contributed by atoms with E-state index >= 15 is 0 Å². The van der Waals surface area contributed by atoms with E-state index in [1.54, 1.807) is 0 Å². The van der Waals surface area contributed by atoms with Gasteiger partial charge in [0.05, 0.1) is 6.61 Å². The predicted molar refractivity (Wildman–Crippen MR) is 79.0 cm³/mol. The van der Waals surface area contributed by atoms with Gasteiger partial charge in [-0.2, -0.15) is 0 Å². The second kappa shape index (κ2) is 6.38. The summed E-state index contributed by atoms with van der Waals surface area (Å²) in [7, 11) is 0. The molecule has 1 aromatic carbocycles. The number of hydrogen-bond acceptors (Lipinski definition) is 4. The highest BCUT2D eigenvalue weighted by Gasteiger charge is 2.16. The largest absolute Gasteiger partial charge is 0.461 e. The van der Waals surface area contributed by atoms with Crippen LogP contribution in [-0.4, -0.2) is 25.2 Å². The molecule has 0 saturated heterocycles. The average Bonchev–Trinajstić information content (AvgIpc) is 2.76. The lowest BCUT2D eigenvalue weighted by molar-refractivity contribution is 0.0507. The van der Waals surface area contributed by atoms with Gasteiger partial charge in [0, 0.05) is 11.2 Å². The minimum absolute atomic E-state index is 0.257. The Morgan fingerprint density at radius 3 is 2.80 bits per heavy atom. The van der Waals surface area contributed by atoms with Gasteiger partial charge in [0.15, 0.2) is 0 Å². The van der Waals surface area contributed by atoms with Crippen LogP contribution in [0.4, 0.5) is 4.79 Å². The lowest BCUT2D eigenvalue weighted by Crippen LogP contribution is -2.30. The summed E-state index contributed by atoms with van der Waals surface area (Å²) in [4.78, 5) is 23.1. The van der Waals surface area contributed by atoms with Gasteiger partial charge < -0.3 is 15.8 Å². The van der Waals surface area contributed by atoms with Crippen molar-refractivity contribution >= 4 is 33.4 Å². The molecule has 2 amide bonds. The summed E-state index contributed by atoms with van der Waals surface area (Å²) in [6.07, 6.45) is 0.540. The van der Waals surface area contributed by atoms with Crippen LogP contribution in [0.25, 0.3) is 10.1 Å². The zero-order valence-electron chi connectivity index (χ0n) is 11.1. The molecular weight excluding hydrogens is 276 g/mol. The number of esters is 1. The van der Waals surface area contributed by atoms with Gasteiger partial charge in [-0.05, 0) is 30.4 Å². The standard InChI is InChI=1S/C14H16N2O3S/c1-9-10-5-2-3-6-11(10)20-12(9)13(17)19-8-4-7-16-14(15)18/h2-3,5-6H,4,7-8H2,1H3,(H3,15,16,18). The van der Waals surface area contributed by atoms with Crippen LogP contribution in [0.3, 0.4) is 0 Å². The lowest BCUT2D eigenvalue weighted by atomic mass is 10.1. The number of fused-ring (bicyclic) bond motifs is 1. The number of hydrogen-bond donors (Lipinski definition) is 2. The second-order valence-electron chi connectivity index (χ2n) is 4.33. The molecule has 2 rings (SSSR count). The van der Waals surface area contributed by atoms with Crippen molar-refractivity contribution in [2.75, 3.05) is 13.2 Å². The Morgan fingerprint density at radius 1 is 1.35 bits per heavy atom. The first-order valence-corrected chi connectivity index (χ1v) is 7.10. The number of benzene rings is 1. The van der Waals surface area contributed by atoms with Crippen LogP contribution in [0.5, 0.6) is 0 Å². The van der Waals surface area contributed by atoms with Crippen LogP contribution < -0.4 is 11.1 Å². The number of rotatable bonds is 5. The molecule has 0 aliphatic rings. The number of carbonyl (C=O) groups excluding carboxylic acids is 2. The molecular formula is C14H16N2O3S. The van der Waals surface area contributed by atoms with Gasteiger partial charge in [0.25, 0.3) is 0 Å². The summed E-state index contributed by atoms with van der Waals surface area (Å²) in [6, 6.07) is 7.31. The summed E-state index contributed by atoms with van der Waals surface area (Å²) in [6.45, 7) is 2.57. The molecule has 0 spiro atoms. The number of nitrogens with one attached hydrogen (secondary N) is 1. The van der Waals surface area contributed by atoms with Gasteiger partial charge in [-0.3, -0.25) is 0 Å². The topological polar surface area (TPSA) is 81.4 Å². The summed E-state index contributed by atoms with van der Waals surface area (Å²) in [5.74, 6) is -0.317. The molecule has 0 unspecified atom stereocenters. The summed E-state index contributed by atoms with van der Waals surface area (Å²) < 4.78 is 6.28. The molecule has 106 valence electrons. The fourth-order valence-electron chi connectivity index (χ4n) is 1.88.